The van der Waals surface area contributed by atoms with Crippen molar-refractivity contribution in [1.82, 2.24) is 10.2 Å². The number of nitrogens with one attached hydrogen (secondary N) is 1. The van der Waals surface area contributed by atoms with Gasteiger partial charge in [0.25, 0.3) is 11.6 Å². The molecule has 1 aliphatic rings. The maximum absolute atomic E-state index is 12.7. The first-order chi connectivity index (χ1) is 10.3. The number of rotatable bonds is 3. The molecule has 0 aromatic heterocycles. The van der Waals surface area contributed by atoms with Gasteiger partial charge in [0.15, 0.2) is 0 Å². The monoisotopic (exact) mass is 325 g/mol. The van der Waals surface area contributed by atoms with E-state index in [9.17, 15) is 19.7 Å². The second-order valence-corrected chi connectivity index (χ2v) is 5.81. The van der Waals surface area contributed by atoms with Gasteiger partial charge in [-0.05, 0) is 12.0 Å². The van der Waals surface area contributed by atoms with Gasteiger partial charge in [-0.1, -0.05) is 25.4 Å². The van der Waals surface area contributed by atoms with Crippen molar-refractivity contribution >= 4 is 29.1 Å². The van der Waals surface area contributed by atoms with Crippen molar-refractivity contribution in [2.24, 2.45) is 5.92 Å². The molecule has 1 unspecified atom stereocenters. The van der Waals surface area contributed by atoms with Crippen LogP contribution in [-0.2, 0) is 4.79 Å². The zero-order chi connectivity index (χ0) is 16.4. The molecular weight excluding hydrogens is 310 g/mol. The van der Waals surface area contributed by atoms with Gasteiger partial charge in [0.05, 0.1) is 15.5 Å². The summed E-state index contributed by atoms with van der Waals surface area (Å²) < 4.78 is 0. The fourth-order valence-corrected chi connectivity index (χ4v) is 2.72. The number of piperazine rings is 1. The van der Waals surface area contributed by atoms with Crippen LogP contribution >= 0.6 is 11.6 Å². The molecule has 1 aliphatic heterocycles. The molecule has 1 atom stereocenters. The van der Waals surface area contributed by atoms with E-state index in [1.807, 2.05) is 13.8 Å². The highest BCUT2D eigenvalue weighted by atomic mass is 35.5. The largest absolute Gasteiger partial charge is 0.353 e. The van der Waals surface area contributed by atoms with E-state index in [2.05, 4.69) is 5.32 Å². The maximum atomic E-state index is 12.7. The third-order valence-electron chi connectivity index (χ3n) is 3.54. The predicted molar refractivity (Wildman–Crippen MR) is 80.8 cm³/mol. The summed E-state index contributed by atoms with van der Waals surface area (Å²) in [6, 6.07) is 3.09. The fourth-order valence-electron chi connectivity index (χ4n) is 2.52. The second-order valence-electron chi connectivity index (χ2n) is 5.40. The first kappa shape index (κ1) is 16.2. The molecule has 118 valence electrons. The number of nitro groups is 1. The van der Waals surface area contributed by atoms with Crippen molar-refractivity contribution in [3.05, 3.63) is 38.9 Å². The summed E-state index contributed by atoms with van der Waals surface area (Å²) in [5.74, 6) is -0.778. The highest BCUT2D eigenvalue weighted by molar-refractivity contribution is 6.34. The first-order valence-corrected chi connectivity index (χ1v) is 7.23. The minimum Gasteiger partial charge on any atom is -0.353 e. The lowest BCUT2D eigenvalue weighted by Gasteiger charge is -2.37. The number of hydrogen-bond donors (Lipinski definition) is 1. The summed E-state index contributed by atoms with van der Waals surface area (Å²) in [7, 11) is 0. The van der Waals surface area contributed by atoms with Gasteiger partial charge < -0.3 is 10.2 Å². The molecule has 0 radical (unpaired) electrons. The van der Waals surface area contributed by atoms with Crippen molar-refractivity contribution < 1.29 is 14.5 Å². The molecule has 1 heterocycles. The average Bonchev–Trinajstić information content (AvgIpc) is 2.46. The van der Waals surface area contributed by atoms with Gasteiger partial charge in [-0.2, -0.15) is 0 Å². The summed E-state index contributed by atoms with van der Waals surface area (Å²) in [6.07, 6.45) is 0. The van der Waals surface area contributed by atoms with Crippen LogP contribution in [0, 0.1) is 16.0 Å². The smallest absolute Gasteiger partial charge is 0.270 e. The van der Waals surface area contributed by atoms with Crippen molar-refractivity contribution in [3.8, 4) is 0 Å². The van der Waals surface area contributed by atoms with Crippen molar-refractivity contribution in [3.63, 3.8) is 0 Å². The Hall–Kier alpha value is -2.15. The van der Waals surface area contributed by atoms with Crippen LogP contribution < -0.4 is 5.32 Å². The number of non-ortho nitro benzene ring substituents is 1. The molecule has 0 aliphatic carbocycles. The highest BCUT2D eigenvalue weighted by Crippen LogP contribution is 2.25. The molecule has 7 nitrogen and oxygen atoms in total. The van der Waals surface area contributed by atoms with Crippen molar-refractivity contribution in [2.75, 3.05) is 13.1 Å². The first-order valence-electron chi connectivity index (χ1n) is 6.85. The maximum Gasteiger partial charge on any atom is 0.270 e. The SMILES string of the molecule is CC(C)C1C(=O)NCCN1C(=O)c1cc([N+](=O)[O-])ccc1Cl. The molecule has 1 N–H and O–H groups in total. The van der Waals surface area contributed by atoms with E-state index in [-0.39, 0.29) is 28.1 Å². The summed E-state index contributed by atoms with van der Waals surface area (Å²) in [6.45, 7) is 4.36. The van der Waals surface area contributed by atoms with Crippen LogP contribution in [0.3, 0.4) is 0 Å². The van der Waals surface area contributed by atoms with E-state index >= 15 is 0 Å². The van der Waals surface area contributed by atoms with Gasteiger partial charge in [-0.15, -0.1) is 0 Å². The molecule has 2 rings (SSSR count). The van der Waals surface area contributed by atoms with E-state index < -0.39 is 16.9 Å². The minimum atomic E-state index is -0.614. The van der Waals surface area contributed by atoms with Gasteiger partial charge in [0.2, 0.25) is 5.91 Å². The number of nitrogens with zero attached hydrogens (tertiary/aromatic N) is 2. The number of benzene rings is 1. The molecule has 1 saturated heterocycles. The Morgan fingerprint density at radius 1 is 1.50 bits per heavy atom. The number of halogens is 1. The molecule has 0 bridgehead atoms. The topological polar surface area (TPSA) is 92.6 Å². The average molecular weight is 326 g/mol. The van der Waals surface area contributed by atoms with Crippen LogP contribution in [-0.4, -0.2) is 40.8 Å². The Bertz CT molecular complexity index is 633. The highest BCUT2D eigenvalue weighted by Gasteiger charge is 2.36. The van der Waals surface area contributed by atoms with Gasteiger partial charge in [0, 0.05) is 25.2 Å². The molecular formula is C14H16ClN3O4. The number of hydrogen-bond acceptors (Lipinski definition) is 4. The molecule has 1 aromatic rings. The van der Waals surface area contributed by atoms with Crippen LogP contribution in [0.5, 0.6) is 0 Å². The summed E-state index contributed by atoms with van der Waals surface area (Å²) >= 11 is 6.01. The third kappa shape index (κ3) is 3.04. The molecule has 8 heteroatoms. The quantitative estimate of drug-likeness (QED) is 0.678. The minimum absolute atomic E-state index is 0.0382. The molecule has 0 spiro atoms. The van der Waals surface area contributed by atoms with Gasteiger partial charge in [-0.3, -0.25) is 19.7 Å². The van der Waals surface area contributed by atoms with E-state index in [1.165, 1.54) is 17.0 Å². The normalized spacial score (nSPS) is 18.3. The molecule has 22 heavy (non-hydrogen) atoms. The summed E-state index contributed by atoms with van der Waals surface area (Å²) in [4.78, 5) is 36.4. The Kier molecular flexibility index (Phi) is 4.65. The standard InChI is InChI=1S/C14H16ClN3O4/c1-8(2)12-13(19)16-5-6-17(12)14(20)10-7-9(18(21)22)3-4-11(10)15/h3-4,7-8,12H,5-6H2,1-2H3,(H,16,19). The molecule has 1 fully saturated rings. The Morgan fingerprint density at radius 2 is 2.18 bits per heavy atom. The van der Waals surface area contributed by atoms with Crippen molar-refractivity contribution in [1.29, 1.82) is 0 Å². The molecule has 2 amide bonds. The predicted octanol–water partition coefficient (Wildman–Crippen LogP) is 1.84. The lowest BCUT2D eigenvalue weighted by atomic mass is 9.98. The zero-order valence-corrected chi connectivity index (χ0v) is 13.0. The summed E-state index contributed by atoms with van der Waals surface area (Å²) in [5, 5.41) is 13.7. The van der Waals surface area contributed by atoms with E-state index in [4.69, 9.17) is 11.6 Å². The number of carbonyl (C=O) groups excluding carboxylic acids is 2. The van der Waals surface area contributed by atoms with Gasteiger partial charge in [0.1, 0.15) is 6.04 Å². The van der Waals surface area contributed by atoms with Gasteiger partial charge >= 0.3 is 0 Å². The number of carbonyl (C=O) groups is 2. The molecule has 0 saturated carbocycles. The zero-order valence-electron chi connectivity index (χ0n) is 12.2. The number of nitro benzene ring substituents is 1. The Labute approximate surface area is 132 Å². The third-order valence-corrected chi connectivity index (χ3v) is 3.87. The Morgan fingerprint density at radius 3 is 2.77 bits per heavy atom. The fraction of sp³-hybridized carbons (Fsp3) is 0.429. The summed E-state index contributed by atoms with van der Waals surface area (Å²) in [5.41, 5.74) is -0.175. The van der Waals surface area contributed by atoms with E-state index in [0.29, 0.717) is 13.1 Å². The number of amides is 2. The Balaban J connectivity index is 2.39. The van der Waals surface area contributed by atoms with E-state index in [0.717, 1.165) is 6.07 Å². The molecule has 1 aromatic carbocycles. The van der Waals surface area contributed by atoms with Crippen molar-refractivity contribution in [2.45, 2.75) is 19.9 Å². The van der Waals surface area contributed by atoms with Crippen LogP contribution in [0.25, 0.3) is 0 Å². The van der Waals surface area contributed by atoms with Gasteiger partial charge in [-0.25, -0.2) is 0 Å². The van der Waals surface area contributed by atoms with Crippen LogP contribution in [0.4, 0.5) is 5.69 Å². The van der Waals surface area contributed by atoms with Crippen LogP contribution in [0.2, 0.25) is 5.02 Å². The lowest BCUT2D eigenvalue weighted by Crippen LogP contribution is -2.59. The van der Waals surface area contributed by atoms with Crippen LogP contribution in [0.1, 0.15) is 24.2 Å². The second kappa shape index (κ2) is 6.31. The van der Waals surface area contributed by atoms with E-state index in [1.54, 1.807) is 0 Å². The van der Waals surface area contributed by atoms with Crippen LogP contribution in [0.15, 0.2) is 18.2 Å². The lowest BCUT2D eigenvalue weighted by molar-refractivity contribution is -0.384.